The lowest BCUT2D eigenvalue weighted by molar-refractivity contribution is 0.357. The molecule has 0 aromatic heterocycles. The van der Waals surface area contributed by atoms with E-state index >= 15 is 0 Å². The van der Waals surface area contributed by atoms with Gasteiger partial charge in [0.2, 0.25) is 0 Å². The van der Waals surface area contributed by atoms with Gasteiger partial charge in [-0.3, -0.25) is 0 Å². The molecule has 0 amide bonds. The van der Waals surface area contributed by atoms with Gasteiger partial charge in [0.15, 0.2) is 0 Å². The molecule has 0 bridgehead atoms. The molecule has 0 spiro atoms. The summed E-state index contributed by atoms with van der Waals surface area (Å²) in [6.45, 7) is 5.18. The molecule has 0 aliphatic carbocycles. The van der Waals surface area contributed by atoms with Crippen LogP contribution in [0.3, 0.4) is 0 Å². The molecule has 2 aromatic rings. The van der Waals surface area contributed by atoms with Crippen LogP contribution in [-0.4, -0.2) is 13.7 Å². The predicted octanol–water partition coefficient (Wildman–Crippen LogP) is 3.55. The van der Waals surface area contributed by atoms with Gasteiger partial charge < -0.3 is 10.1 Å². The van der Waals surface area contributed by atoms with Crippen molar-refractivity contribution in [2.75, 3.05) is 13.7 Å². The topological polar surface area (TPSA) is 21.3 Å². The van der Waals surface area contributed by atoms with Crippen molar-refractivity contribution in [3.8, 4) is 5.75 Å². The highest BCUT2D eigenvalue weighted by atomic mass is 16.5. The number of hydrogen-bond acceptors (Lipinski definition) is 2. The minimum absolute atomic E-state index is 0.238. The van der Waals surface area contributed by atoms with E-state index in [4.69, 9.17) is 4.74 Å². The maximum absolute atomic E-state index is 5.60. The van der Waals surface area contributed by atoms with Crippen molar-refractivity contribution < 1.29 is 4.74 Å². The highest BCUT2D eigenvalue weighted by molar-refractivity contribution is 5.46. The second kappa shape index (κ2) is 5.29. The molecule has 0 fully saturated rings. The van der Waals surface area contributed by atoms with Crippen molar-refractivity contribution in [2.45, 2.75) is 26.3 Å². The second-order valence-electron chi connectivity index (χ2n) is 5.49. The zero-order valence-electron chi connectivity index (χ0n) is 12.4. The van der Waals surface area contributed by atoms with Crippen LogP contribution in [0.15, 0.2) is 36.4 Å². The lowest BCUT2D eigenvalue weighted by Gasteiger charge is -2.22. The van der Waals surface area contributed by atoms with Gasteiger partial charge in [0.05, 0.1) is 12.6 Å². The van der Waals surface area contributed by atoms with E-state index in [1.54, 1.807) is 0 Å². The number of aryl methyl sites for hydroxylation is 2. The van der Waals surface area contributed by atoms with Gasteiger partial charge in [-0.25, -0.2) is 0 Å². The van der Waals surface area contributed by atoms with Crippen molar-refractivity contribution in [1.29, 1.82) is 0 Å². The molecule has 0 radical (unpaired) electrons. The molecule has 104 valence electrons. The van der Waals surface area contributed by atoms with Gasteiger partial charge in [0.1, 0.15) is 5.75 Å². The van der Waals surface area contributed by atoms with E-state index in [1.165, 1.54) is 27.8 Å². The molecule has 0 saturated carbocycles. The number of rotatable bonds is 3. The fraction of sp³-hybridized carbons (Fsp3) is 0.333. The summed E-state index contributed by atoms with van der Waals surface area (Å²) in [6, 6.07) is 13.3. The van der Waals surface area contributed by atoms with Crippen molar-refractivity contribution in [2.24, 2.45) is 0 Å². The maximum atomic E-state index is 5.60. The number of nitrogens with one attached hydrogen (secondary N) is 1. The van der Waals surface area contributed by atoms with Gasteiger partial charge in [-0.15, -0.1) is 0 Å². The Hall–Kier alpha value is -1.80. The average molecular weight is 267 g/mol. The molecule has 3 rings (SSSR count). The highest BCUT2D eigenvalue weighted by Gasteiger charge is 2.19. The van der Waals surface area contributed by atoms with Gasteiger partial charge in [-0.1, -0.05) is 30.3 Å². The lowest BCUT2D eigenvalue weighted by Crippen LogP contribution is -2.20. The second-order valence-corrected chi connectivity index (χ2v) is 5.49. The quantitative estimate of drug-likeness (QED) is 0.918. The Kier molecular flexibility index (Phi) is 3.49. The molecule has 2 aromatic carbocycles. The third kappa shape index (κ3) is 2.20. The largest absolute Gasteiger partial charge is 0.493 e. The van der Waals surface area contributed by atoms with Crippen LogP contribution in [-0.2, 0) is 6.42 Å². The number of fused-ring (bicyclic) bond motifs is 1. The maximum Gasteiger partial charge on any atom is 0.122 e. The van der Waals surface area contributed by atoms with Crippen LogP contribution in [0.5, 0.6) is 5.75 Å². The summed E-state index contributed by atoms with van der Waals surface area (Å²) < 4.78 is 5.60. The number of hydrogen-bond donors (Lipinski definition) is 1. The van der Waals surface area contributed by atoms with Crippen LogP contribution in [0.25, 0.3) is 0 Å². The van der Waals surface area contributed by atoms with Gasteiger partial charge in [0, 0.05) is 6.42 Å². The molecule has 20 heavy (non-hydrogen) atoms. The summed E-state index contributed by atoms with van der Waals surface area (Å²) in [6.07, 6.45) is 1.02. The monoisotopic (exact) mass is 267 g/mol. The van der Waals surface area contributed by atoms with E-state index < -0.39 is 0 Å². The van der Waals surface area contributed by atoms with Gasteiger partial charge in [-0.05, 0) is 54.8 Å². The first-order valence-electron chi connectivity index (χ1n) is 7.19. The molecule has 1 unspecified atom stereocenters. The van der Waals surface area contributed by atoms with Crippen LogP contribution < -0.4 is 10.1 Å². The third-order valence-corrected chi connectivity index (χ3v) is 4.17. The molecule has 1 N–H and O–H groups in total. The van der Waals surface area contributed by atoms with Crippen LogP contribution in [0.4, 0.5) is 0 Å². The van der Waals surface area contributed by atoms with Crippen molar-refractivity contribution in [1.82, 2.24) is 5.32 Å². The zero-order valence-corrected chi connectivity index (χ0v) is 12.4. The van der Waals surface area contributed by atoms with E-state index in [0.717, 1.165) is 18.8 Å². The van der Waals surface area contributed by atoms with E-state index in [2.05, 4.69) is 55.6 Å². The van der Waals surface area contributed by atoms with Gasteiger partial charge in [0.25, 0.3) is 0 Å². The van der Waals surface area contributed by atoms with Crippen LogP contribution in [0, 0.1) is 13.8 Å². The summed E-state index contributed by atoms with van der Waals surface area (Å²) in [5.41, 5.74) is 6.69. The molecule has 1 aliphatic rings. The summed E-state index contributed by atoms with van der Waals surface area (Å²) in [7, 11) is 2.03. The lowest BCUT2D eigenvalue weighted by atomic mass is 9.90. The minimum atomic E-state index is 0.238. The van der Waals surface area contributed by atoms with E-state index in [1.807, 2.05) is 7.05 Å². The fourth-order valence-corrected chi connectivity index (χ4v) is 3.15. The number of benzene rings is 2. The Bertz CT molecular complexity index is 613. The Balaban J connectivity index is 2.06. The Morgan fingerprint density at radius 1 is 1.10 bits per heavy atom. The average Bonchev–Trinajstić information content (AvgIpc) is 2.90. The standard InChI is InChI=1S/C18H21NO/c1-12-5-4-6-13(2)17(12)18(19-3)15-7-8-16-14(11-15)9-10-20-16/h4-8,11,18-19H,9-10H2,1-3H3. The molecule has 2 heteroatoms. The summed E-state index contributed by atoms with van der Waals surface area (Å²) in [5.74, 6) is 1.05. The molecule has 1 atom stereocenters. The zero-order chi connectivity index (χ0) is 14.1. The molecule has 0 saturated heterocycles. The van der Waals surface area contributed by atoms with Crippen LogP contribution in [0.1, 0.15) is 33.9 Å². The summed E-state index contributed by atoms with van der Waals surface area (Å²) >= 11 is 0. The smallest absolute Gasteiger partial charge is 0.122 e. The fourth-order valence-electron chi connectivity index (χ4n) is 3.15. The van der Waals surface area contributed by atoms with Gasteiger partial charge >= 0.3 is 0 Å². The van der Waals surface area contributed by atoms with Crippen molar-refractivity contribution in [3.63, 3.8) is 0 Å². The van der Waals surface area contributed by atoms with Crippen molar-refractivity contribution >= 4 is 0 Å². The Morgan fingerprint density at radius 3 is 2.55 bits per heavy atom. The minimum Gasteiger partial charge on any atom is -0.493 e. The van der Waals surface area contributed by atoms with E-state index in [0.29, 0.717) is 0 Å². The third-order valence-electron chi connectivity index (χ3n) is 4.17. The number of ether oxygens (including phenoxy) is 1. The van der Waals surface area contributed by atoms with Gasteiger partial charge in [-0.2, -0.15) is 0 Å². The first-order chi connectivity index (χ1) is 9.70. The molecular formula is C18H21NO. The first kappa shape index (κ1) is 13.2. The summed E-state index contributed by atoms with van der Waals surface area (Å²) in [5, 5.41) is 3.47. The molecular weight excluding hydrogens is 246 g/mol. The van der Waals surface area contributed by atoms with Crippen LogP contribution >= 0.6 is 0 Å². The molecule has 2 nitrogen and oxygen atoms in total. The summed E-state index contributed by atoms with van der Waals surface area (Å²) in [4.78, 5) is 0. The highest BCUT2D eigenvalue weighted by Crippen LogP contribution is 2.32. The SMILES string of the molecule is CNC(c1ccc2c(c1)CCO2)c1c(C)cccc1C. The molecule has 1 aliphatic heterocycles. The normalized spacial score (nSPS) is 14.8. The molecule has 1 heterocycles. The Morgan fingerprint density at radius 2 is 1.85 bits per heavy atom. The van der Waals surface area contributed by atoms with E-state index in [9.17, 15) is 0 Å². The Labute approximate surface area is 120 Å². The van der Waals surface area contributed by atoms with Crippen LogP contribution in [0.2, 0.25) is 0 Å². The first-order valence-corrected chi connectivity index (χ1v) is 7.19. The van der Waals surface area contributed by atoms with E-state index in [-0.39, 0.29) is 6.04 Å². The van der Waals surface area contributed by atoms with Crippen molar-refractivity contribution in [3.05, 3.63) is 64.2 Å². The predicted molar refractivity (Wildman–Crippen MR) is 82.5 cm³/mol.